The highest BCUT2D eigenvalue weighted by atomic mass is 35.5. The Hall–Kier alpha value is -1.75. The van der Waals surface area contributed by atoms with E-state index in [-0.39, 0.29) is 31.0 Å². The van der Waals surface area contributed by atoms with Crippen LogP contribution in [0.1, 0.15) is 32.6 Å². The van der Waals surface area contributed by atoms with Gasteiger partial charge in [-0.2, -0.15) is 0 Å². The van der Waals surface area contributed by atoms with Crippen LogP contribution in [0.4, 0.5) is 4.79 Å². The molecule has 23 heavy (non-hydrogen) atoms. The van der Waals surface area contributed by atoms with Gasteiger partial charge in [-0.1, -0.05) is 43.5 Å². The third kappa shape index (κ3) is 2.90. The molecule has 2 atom stereocenters. The lowest BCUT2D eigenvalue weighted by molar-refractivity contribution is -0.134. The van der Waals surface area contributed by atoms with Crippen LogP contribution in [0.5, 0.6) is 5.75 Å². The molecule has 1 heterocycles. The minimum absolute atomic E-state index is 0.113. The maximum absolute atomic E-state index is 12.8. The standard InChI is InChI=1S/C17H21ClN2O3/c1-12-6-4-5-9-17(12)15(21)20(16(22)19-17)10-11-23-14-8-3-2-7-13(14)18/h2-3,7-8,12H,4-6,9-11H2,1H3,(H,19,22)/t12-,17-/m1/s1. The van der Waals surface area contributed by atoms with Crippen LogP contribution in [0.15, 0.2) is 24.3 Å². The summed E-state index contributed by atoms with van der Waals surface area (Å²) in [4.78, 5) is 26.3. The zero-order valence-electron chi connectivity index (χ0n) is 13.2. The van der Waals surface area contributed by atoms with Crippen molar-refractivity contribution in [1.82, 2.24) is 10.2 Å². The molecule has 1 aromatic carbocycles. The minimum Gasteiger partial charge on any atom is -0.490 e. The fraction of sp³-hybridized carbons (Fsp3) is 0.529. The normalized spacial score (nSPS) is 27.4. The third-order valence-corrected chi connectivity index (χ3v) is 5.22. The molecular formula is C17H21ClN2O3. The third-order valence-electron chi connectivity index (χ3n) is 4.91. The summed E-state index contributed by atoms with van der Waals surface area (Å²) >= 11 is 6.03. The fourth-order valence-corrected chi connectivity index (χ4v) is 3.70. The lowest BCUT2D eigenvalue weighted by Gasteiger charge is -2.36. The molecule has 3 rings (SSSR count). The van der Waals surface area contributed by atoms with E-state index in [0.717, 1.165) is 25.7 Å². The number of carbonyl (C=O) groups excluding carboxylic acids is 2. The number of imide groups is 1. The zero-order valence-corrected chi connectivity index (χ0v) is 13.9. The zero-order chi connectivity index (χ0) is 16.4. The van der Waals surface area contributed by atoms with Crippen molar-refractivity contribution < 1.29 is 14.3 Å². The van der Waals surface area contributed by atoms with Crippen LogP contribution in [-0.2, 0) is 4.79 Å². The number of carbonyl (C=O) groups is 2. The molecule has 0 radical (unpaired) electrons. The summed E-state index contributed by atoms with van der Waals surface area (Å²) in [6.45, 7) is 2.50. The van der Waals surface area contributed by atoms with Gasteiger partial charge in [-0.15, -0.1) is 0 Å². The van der Waals surface area contributed by atoms with Crippen molar-refractivity contribution in [2.45, 2.75) is 38.1 Å². The van der Waals surface area contributed by atoms with Crippen molar-refractivity contribution in [2.75, 3.05) is 13.2 Å². The van der Waals surface area contributed by atoms with Crippen molar-refractivity contribution in [1.29, 1.82) is 0 Å². The molecule has 0 bridgehead atoms. The van der Waals surface area contributed by atoms with E-state index in [0.29, 0.717) is 10.8 Å². The van der Waals surface area contributed by atoms with E-state index in [1.165, 1.54) is 4.90 Å². The van der Waals surface area contributed by atoms with Gasteiger partial charge in [0.2, 0.25) is 0 Å². The number of urea groups is 1. The largest absolute Gasteiger partial charge is 0.490 e. The maximum Gasteiger partial charge on any atom is 0.325 e. The summed E-state index contributed by atoms with van der Waals surface area (Å²) in [6, 6.07) is 6.84. The van der Waals surface area contributed by atoms with Crippen LogP contribution in [0.25, 0.3) is 0 Å². The second kappa shape index (κ2) is 6.40. The van der Waals surface area contributed by atoms with Crippen molar-refractivity contribution in [3.05, 3.63) is 29.3 Å². The molecule has 2 fully saturated rings. The van der Waals surface area contributed by atoms with Crippen LogP contribution < -0.4 is 10.1 Å². The van der Waals surface area contributed by atoms with Crippen LogP contribution in [-0.4, -0.2) is 35.5 Å². The van der Waals surface area contributed by atoms with Crippen LogP contribution in [0.3, 0.4) is 0 Å². The van der Waals surface area contributed by atoms with E-state index < -0.39 is 5.54 Å². The topological polar surface area (TPSA) is 58.6 Å². The van der Waals surface area contributed by atoms with Crippen molar-refractivity contribution in [2.24, 2.45) is 5.92 Å². The van der Waals surface area contributed by atoms with E-state index >= 15 is 0 Å². The Bertz CT molecular complexity index is 622. The highest BCUT2D eigenvalue weighted by molar-refractivity contribution is 6.32. The Kier molecular flexibility index (Phi) is 4.48. The molecule has 1 saturated carbocycles. The van der Waals surface area contributed by atoms with E-state index in [4.69, 9.17) is 16.3 Å². The molecule has 1 aromatic rings. The molecular weight excluding hydrogens is 316 g/mol. The Morgan fingerprint density at radius 3 is 2.87 bits per heavy atom. The van der Waals surface area contributed by atoms with Gasteiger partial charge in [0, 0.05) is 0 Å². The number of hydrogen-bond acceptors (Lipinski definition) is 3. The lowest BCUT2D eigenvalue weighted by Crippen LogP contribution is -2.54. The fourth-order valence-electron chi connectivity index (χ4n) is 3.51. The predicted octanol–water partition coefficient (Wildman–Crippen LogP) is 3.22. The number of rotatable bonds is 4. The van der Waals surface area contributed by atoms with Gasteiger partial charge >= 0.3 is 6.03 Å². The van der Waals surface area contributed by atoms with E-state index in [1.54, 1.807) is 12.1 Å². The van der Waals surface area contributed by atoms with Gasteiger partial charge in [0.05, 0.1) is 11.6 Å². The number of benzene rings is 1. The van der Waals surface area contributed by atoms with Crippen molar-refractivity contribution >= 4 is 23.5 Å². The number of nitrogens with zero attached hydrogens (tertiary/aromatic N) is 1. The Labute approximate surface area is 140 Å². The lowest BCUT2D eigenvalue weighted by atomic mass is 9.73. The van der Waals surface area contributed by atoms with Crippen molar-refractivity contribution in [3.63, 3.8) is 0 Å². The smallest absolute Gasteiger partial charge is 0.325 e. The Balaban J connectivity index is 1.63. The average molecular weight is 337 g/mol. The summed E-state index contributed by atoms with van der Waals surface area (Å²) in [7, 11) is 0. The summed E-state index contributed by atoms with van der Waals surface area (Å²) in [5.74, 6) is 0.613. The van der Waals surface area contributed by atoms with E-state index in [9.17, 15) is 9.59 Å². The number of para-hydroxylation sites is 1. The summed E-state index contributed by atoms with van der Waals surface area (Å²) < 4.78 is 5.59. The highest BCUT2D eigenvalue weighted by Crippen LogP contribution is 2.38. The molecule has 3 amide bonds. The second-order valence-electron chi connectivity index (χ2n) is 6.28. The molecule has 5 nitrogen and oxygen atoms in total. The molecule has 1 spiro atoms. The van der Waals surface area contributed by atoms with Gasteiger partial charge in [-0.25, -0.2) is 4.79 Å². The maximum atomic E-state index is 12.8. The number of hydrogen-bond donors (Lipinski definition) is 1. The quantitative estimate of drug-likeness (QED) is 0.859. The van der Waals surface area contributed by atoms with Gasteiger partial charge < -0.3 is 10.1 Å². The van der Waals surface area contributed by atoms with E-state index in [1.807, 2.05) is 19.1 Å². The molecule has 1 saturated heterocycles. The first kappa shape index (κ1) is 16.1. The van der Waals surface area contributed by atoms with E-state index in [2.05, 4.69) is 5.32 Å². The number of nitrogens with one attached hydrogen (secondary N) is 1. The van der Waals surface area contributed by atoms with Gasteiger partial charge in [0.1, 0.15) is 17.9 Å². The van der Waals surface area contributed by atoms with Gasteiger partial charge in [0.25, 0.3) is 5.91 Å². The molecule has 2 aliphatic rings. The Morgan fingerprint density at radius 1 is 1.35 bits per heavy atom. The molecule has 1 aliphatic heterocycles. The SMILES string of the molecule is C[C@@H]1CCCC[C@@]12NC(=O)N(CCOc1ccccc1Cl)C2=O. The molecule has 6 heteroatoms. The Morgan fingerprint density at radius 2 is 2.13 bits per heavy atom. The van der Waals surface area contributed by atoms with Gasteiger partial charge in [0.15, 0.2) is 0 Å². The molecule has 0 unspecified atom stereocenters. The van der Waals surface area contributed by atoms with Crippen LogP contribution >= 0.6 is 11.6 Å². The first-order valence-electron chi connectivity index (χ1n) is 8.06. The molecule has 124 valence electrons. The average Bonchev–Trinajstić information content (AvgIpc) is 2.77. The van der Waals surface area contributed by atoms with Crippen LogP contribution in [0.2, 0.25) is 5.02 Å². The van der Waals surface area contributed by atoms with Crippen molar-refractivity contribution in [3.8, 4) is 5.75 Å². The predicted molar refractivity (Wildman–Crippen MR) is 87.6 cm³/mol. The molecule has 1 N–H and O–H groups in total. The summed E-state index contributed by atoms with van der Waals surface area (Å²) in [5, 5.41) is 3.45. The van der Waals surface area contributed by atoms with Gasteiger partial charge in [-0.05, 0) is 30.9 Å². The molecule has 1 aliphatic carbocycles. The first-order valence-corrected chi connectivity index (χ1v) is 8.44. The summed E-state index contributed by atoms with van der Waals surface area (Å²) in [5.41, 5.74) is -0.709. The minimum atomic E-state index is -0.709. The van der Waals surface area contributed by atoms with Gasteiger partial charge in [-0.3, -0.25) is 9.69 Å². The number of amides is 3. The van der Waals surface area contributed by atoms with Crippen LogP contribution in [0, 0.1) is 5.92 Å². The first-order chi connectivity index (χ1) is 11.0. The second-order valence-corrected chi connectivity index (χ2v) is 6.69. The monoisotopic (exact) mass is 336 g/mol. The number of halogens is 1. The summed E-state index contributed by atoms with van der Waals surface area (Å²) in [6.07, 6.45) is 3.78. The highest BCUT2D eigenvalue weighted by Gasteiger charge is 2.54. The molecule has 0 aromatic heterocycles. The number of ether oxygens (including phenoxy) is 1.